The number of rotatable bonds is 2. The minimum Gasteiger partial charge on any atom is -0.378 e. The molecular formula is C21H19ClN4O5. The number of anilines is 1. The maximum absolute atomic E-state index is 8.49. The van der Waals surface area contributed by atoms with Gasteiger partial charge in [0.25, 0.3) is 5.82 Å². The molecule has 31 heavy (non-hydrogen) atoms. The summed E-state index contributed by atoms with van der Waals surface area (Å²) in [5.41, 5.74) is 2.86. The molecule has 0 amide bonds. The summed E-state index contributed by atoms with van der Waals surface area (Å²) in [7, 11) is -4.94. The second kappa shape index (κ2) is 9.06. The van der Waals surface area contributed by atoms with Crippen LogP contribution in [0.2, 0.25) is 0 Å². The zero-order chi connectivity index (χ0) is 21.8. The Morgan fingerprint density at radius 1 is 0.871 bits per heavy atom. The largest absolute Gasteiger partial charge is 0.378 e. The molecule has 0 bridgehead atoms. The lowest BCUT2D eigenvalue weighted by Crippen LogP contribution is -2.68. The maximum Gasteiger partial charge on any atom is 0.358 e. The van der Waals surface area contributed by atoms with Crippen molar-refractivity contribution >= 4 is 22.2 Å². The minimum absolute atomic E-state index is 0.719. The van der Waals surface area contributed by atoms with Crippen LogP contribution in [0.15, 0.2) is 66.9 Å². The summed E-state index contributed by atoms with van der Waals surface area (Å²) in [6.07, 6.45) is 1.99. The Morgan fingerprint density at radius 2 is 1.52 bits per heavy atom. The summed E-state index contributed by atoms with van der Waals surface area (Å²) in [4.78, 5) is 7.35. The summed E-state index contributed by atoms with van der Waals surface area (Å²) >= 11 is 0. The lowest BCUT2D eigenvalue weighted by atomic mass is 10.1. The van der Waals surface area contributed by atoms with E-state index in [2.05, 4.69) is 35.2 Å². The molecule has 10 heteroatoms. The fourth-order valence-electron chi connectivity index (χ4n) is 3.47. The average molecular weight is 443 g/mol. The van der Waals surface area contributed by atoms with E-state index in [-0.39, 0.29) is 0 Å². The molecule has 9 nitrogen and oxygen atoms in total. The summed E-state index contributed by atoms with van der Waals surface area (Å²) in [5.74, 6) is 0.927. The molecule has 0 aliphatic carbocycles. The average Bonchev–Trinajstić information content (AvgIpc) is 2.78. The van der Waals surface area contributed by atoms with Gasteiger partial charge in [-0.05, 0) is 22.5 Å². The first kappa shape index (κ1) is 21.3. The van der Waals surface area contributed by atoms with Gasteiger partial charge in [-0.3, -0.25) is 0 Å². The van der Waals surface area contributed by atoms with E-state index in [1.54, 1.807) is 0 Å². The lowest BCUT2D eigenvalue weighted by molar-refractivity contribution is -2.00. The number of halogens is 1. The predicted molar refractivity (Wildman–Crippen MR) is 101 cm³/mol. The smallest absolute Gasteiger partial charge is 0.358 e. The predicted octanol–water partition coefficient (Wildman–Crippen LogP) is -1.88. The van der Waals surface area contributed by atoms with Crippen molar-refractivity contribution in [3.8, 4) is 11.3 Å². The molecule has 0 radical (unpaired) electrons. The SMILES string of the molecule is [O-][Cl+3]([O-])([O-])[O-].c1ccc(-c2n[n+]3ccc4ccccc4c3nc2N2CCOCC2)cc1. The van der Waals surface area contributed by atoms with Gasteiger partial charge in [-0.15, -0.1) is 14.8 Å². The third-order valence-electron chi connectivity index (χ3n) is 4.80. The first-order valence-corrected chi connectivity index (χ1v) is 10.7. The van der Waals surface area contributed by atoms with Gasteiger partial charge in [0.15, 0.2) is 5.69 Å². The lowest BCUT2D eigenvalue weighted by Gasteiger charge is -2.26. The van der Waals surface area contributed by atoms with Crippen LogP contribution >= 0.6 is 0 Å². The Bertz CT molecular complexity index is 1170. The van der Waals surface area contributed by atoms with Crippen LogP contribution in [0.5, 0.6) is 0 Å². The van der Waals surface area contributed by atoms with Gasteiger partial charge in [-0.1, -0.05) is 53.6 Å². The highest BCUT2D eigenvalue weighted by Gasteiger charge is 2.26. The Hall–Kier alpha value is -2.92. The van der Waals surface area contributed by atoms with Crippen molar-refractivity contribution in [3.63, 3.8) is 0 Å². The van der Waals surface area contributed by atoms with Crippen LogP contribution in [0.1, 0.15) is 0 Å². The molecule has 5 rings (SSSR count). The van der Waals surface area contributed by atoms with Crippen molar-refractivity contribution in [1.29, 1.82) is 0 Å². The van der Waals surface area contributed by atoms with Crippen molar-refractivity contribution in [2.75, 3.05) is 31.2 Å². The first-order valence-electron chi connectivity index (χ1n) is 9.51. The first-order chi connectivity index (χ1) is 14.9. The molecule has 1 fully saturated rings. The van der Waals surface area contributed by atoms with Gasteiger partial charge in [-0.2, -0.15) is 0 Å². The zero-order valence-electron chi connectivity index (χ0n) is 16.4. The fraction of sp³-hybridized carbons (Fsp3) is 0.190. The number of benzene rings is 2. The molecule has 1 aliphatic heterocycles. The normalized spacial score (nSPS) is 14.4. The highest BCUT2D eigenvalue weighted by Crippen LogP contribution is 2.28. The number of pyridine rings is 1. The van der Waals surface area contributed by atoms with Gasteiger partial charge < -0.3 is 9.64 Å². The molecule has 160 valence electrons. The highest BCUT2D eigenvalue weighted by atomic mass is 35.7. The van der Waals surface area contributed by atoms with Crippen molar-refractivity contribution in [3.05, 3.63) is 66.9 Å². The molecule has 0 unspecified atom stereocenters. The van der Waals surface area contributed by atoms with Crippen molar-refractivity contribution in [2.45, 2.75) is 0 Å². The van der Waals surface area contributed by atoms with Gasteiger partial charge in [-0.25, -0.2) is 18.6 Å². The number of ether oxygens (including phenoxy) is 1. The molecule has 2 aromatic carbocycles. The van der Waals surface area contributed by atoms with Gasteiger partial charge in [0.2, 0.25) is 0 Å². The van der Waals surface area contributed by atoms with E-state index in [1.165, 1.54) is 5.39 Å². The number of aromatic nitrogens is 3. The Balaban J connectivity index is 0.000000418. The summed E-state index contributed by atoms with van der Waals surface area (Å²) in [5, 5.41) is 7.22. The number of fused-ring (bicyclic) bond motifs is 3. The van der Waals surface area contributed by atoms with Crippen molar-refractivity contribution in [2.24, 2.45) is 0 Å². The van der Waals surface area contributed by atoms with Crippen LogP contribution in [0, 0.1) is 10.2 Å². The van der Waals surface area contributed by atoms with Crippen LogP contribution < -0.4 is 28.1 Å². The van der Waals surface area contributed by atoms with Gasteiger partial charge in [0.05, 0.1) is 18.6 Å². The topological polar surface area (TPSA) is 135 Å². The minimum atomic E-state index is -4.94. The number of hydrogen-bond donors (Lipinski definition) is 0. The standard InChI is InChI=1S/C21H19N4O.ClHO4/c1-2-7-17(8-3-1)19-21(24-12-14-26-15-13-24)22-20-18-9-5-4-6-16(18)10-11-25(20)23-19;2-1(3,4)5/h1-11H,12-15H2;(H,2,3,4,5)/q+1;/p-1. The third-order valence-corrected chi connectivity index (χ3v) is 4.80. The summed E-state index contributed by atoms with van der Waals surface area (Å²) in [6, 6.07) is 20.7. The molecule has 1 aliphatic rings. The molecule has 0 atom stereocenters. The molecular weight excluding hydrogens is 424 g/mol. The zero-order valence-corrected chi connectivity index (χ0v) is 17.1. The third kappa shape index (κ3) is 5.23. The van der Waals surface area contributed by atoms with Crippen LogP contribution in [-0.4, -0.2) is 36.4 Å². The molecule has 4 aromatic rings. The van der Waals surface area contributed by atoms with E-state index in [1.807, 2.05) is 41.0 Å². The quantitative estimate of drug-likeness (QED) is 0.260. The highest BCUT2D eigenvalue weighted by molar-refractivity contribution is 5.92. The molecule has 1 saturated heterocycles. The van der Waals surface area contributed by atoms with Crippen molar-refractivity contribution < 1.29 is 38.1 Å². The Labute approximate surface area is 180 Å². The maximum atomic E-state index is 8.49. The van der Waals surface area contributed by atoms with Crippen molar-refractivity contribution in [1.82, 2.24) is 10.1 Å². The summed E-state index contributed by atoms with van der Waals surface area (Å²) in [6.45, 7) is 3.10. The van der Waals surface area contributed by atoms with E-state index in [0.717, 1.165) is 54.4 Å². The number of morpholine rings is 1. The van der Waals surface area contributed by atoms with E-state index < -0.39 is 10.2 Å². The van der Waals surface area contributed by atoms with E-state index in [9.17, 15) is 0 Å². The van der Waals surface area contributed by atoms with E-state index in [0.29, 0.717) is 0 Å². The Morgan fingerprint density at radius 3 is 2.23 bits per heavy atom. The van der Waals surface area contributed by atoms with E-state index >= 15 is 0 Å². The summed E-state index contributed by atoms with van der Waals surface area (Å²) < 4.78 is 41.4. The number of nitrogens with zero attached hydrogens (tertiary/aromatic N) is 4. The second-order valence-electron chi connectivity index (χ2n) is 6.80. The molecule has 0 spiro atoms. The molecule has 0 saturated carbocycles. The monoisotopic (exact) mass is 442 g/mol. The van der Waals surface area contributed by atoms with Crippen LogP contribution in [0.3, 0.4) is 0 Å². The van der Waals surface area contributed by atoms with Gasteiger partial charge in [0, 0.05) is 18.7 Å². The van der Waals surface area contributed by atoms with Crippen LogP contribution in [0.25, 0.3) is 27.7 Å². The molecule has 3 heterocycles. The fourth-order valence-corrected chi connectivity index (χ4v) is 3.47. The molecule has 0 N–H and O–H groups in total. The van der Waals surface area contributed by atoms with E-state index in [4.69, 9.17) is 33.5 Å². The number of hydrogen-bond acceptors (Lipinski definition) is 8. The van der Waals surface area contributed by atoms with Gasteiger partial charge in [0.1, 0.15) is 6.20 Å². The molecule has 2 aromatic heterocycles. The van der Waals surface area contributed by atoms with Crippen LogP contribution in [-0.2, 0) is 4.74 Å². The van der Waals surface area contributed by atoms with Gasteiger partial charge >= 0.3 is 5.65 Å². The van der Waals surface area contributed by atoms with Crippen LogP contribution in [0.4, 0.5) is 5.82 Å². The second-order valence-corrected chi connectivity index (χ2v) is 7.55. The Kier molecular flexibility index (Phi) is 6.23.